The fraction of sp³-hybridized carbons (Fsp3) is 0.300. The molecule has 13 heavy (non-hydrogen) atoms. The lowest BCUT2D eigenvalue weighted by molar-refractivity contribution is 0.0596. The average Bonchev–Trinajstić information content (AvgIpc) is 2.17. The quantitative estimate of drug-likeness (QED) is 0.580. The molecule has 0 aromatic heterocycles. The molecule has 0 radical (unpaired) electrons. The second kappa shape index (κ2) is 4.33. The first-order valence-electron chi connectivity index (χ1n) is 4.09. The second-order valence-electron chi connectivity index (χ2n) is 2.70. The number of thiol groups is 1. The van der Waals surface area contributed by atoms with Gasteiger partial charge >= 0.3 is 5.97 Å². The van der Waals surface area contributed by atoms with Crippen molar-refractivity contribution in [2.75, 3.05) is 7.11 Å². The highest BCUT2D eigenvalue weighted by molar-refractivity contribution is 7.80. The highest BCUT2D eigenvalue weighted by Crippen LogP contribution is 2.17. The number of esters is 1. The molecule has 0 spiro atoms. The van der Waals surface area contributed by atoms with Gasteiger partial charge in [0.1, 0.15) is 0 Å². The van der Waals surface area contributed by atoms with Gasteiger partial charge in [0.2, 0.25) is 0 Å². The molecular formula is C10H12O2S. The van der Waals surface area contributed by atoms with Crippen LogP contribution in [0.15, 0.2) is 23.1 Å². The molecule has 0 aliphatic heterocycles. The summed E-state index contributed by atoms with van der Waals surface area (Å²) in [6.45, 7) is 2.04. The number of benzene rings is 1. The van der Waals surface area contributed by atoms with E-state index in [4.69, 9.17) is 0 Å². The van der Waals surface area contributed by atoms with Crippen molar-refractivity contribution < 1.29 is 9.53 Å². The highest BCUT2D eigenvalue weighted by atomic mass is 32.1. The zero-order chi connectivity index (χ0) is 9.84. The number of carbonyl (C=O) groups is 1. The maximum absolute atomic E-state index is 11.2. The first-order valence-corrected chi connectivity index (χ1v) is 4.54. The van der Waals surface area contributed by atoms with Crippen molar-refractivity contribution in [3.05, 3.63) is 29.3 Å². The van der Waals surface area contributed by atoms with E-state index in [0.717, 1.165) is 12.0 Å². The van der Waals surface area contributed by atoms with Crippen LogP contribution in [0.5, 0.6) is 0 Å². The molecule has 0 bridgehead atoms. The van der Waals surface area contributed by atoms with Crippen LogP contribution in [0.3, 0.4) is 0 Å². The van der Waals surface area contributed by atoms with Crippen LogP contribution < -0.4 is 0 Å². The van der Waals surface area contributed by atoms with Crippen molar-refractivity contribution in [1.82, 2.24) is 0 Å². The van der Waals surface area contributed by atoms with Gasteiger partial charge in [0.25, 0.3) is 0 Å². The van der Waals surface area contributed by atoms with E-state index in [0.29, 0.717) is 10.5 Å². The monoisotopic (exact) mass is 196 g/mol. The molecular weight excluding hydrogens is 184 g/mol. The molecule has 0 aliphatic carbocycles. The third kappa shape index (κ3) is 2.25. The Morgan fingerprint density at radius 1 is 1.54 bits per heavy atom. The summed E-state index contributed by atoms with van der Waals surface area (Å²) < 4.78 is 4.63. The normalized spacial score (nSPS) is 9.77. The van der Waals surface area contributed by atoms with Gasteiger partial charge < -0.3 is 4.74 Å². The zero-order valence-corrected chi connectivity index (χ0v) is 8.60. The fourth-order valence-electron chi connectivity index (χ4n) is 1.08. The molecule has 1 aromatic rings. The minimum absolute atomic E-state index is 0.333. The van der Waals surface area contributed by atoms with E-state index in [2.05, 4.69) is 17.4 Å². The van der Waals surface area contributed by atoms with Gasteiger partial charge in [-0.2, -0.15) is 0 Å². The molecule has 3 heteroatoms. The number of methoxy groups -OCH3 is 1. The van der Waals surface area contributed by atoms with Crippen molar-refractivity contribution in [2.24, 2.45) is 0 Å². The molecule has 0 amide bonds. The maximum Gasteiger partial charge on any atom is 0.338 e. The number of hydrogen-bond acceptors (Lipinski definition) is 3. The fourth-order valence-corrected chi connectivity index (χ4v) is 1.31. The van der Waals surface area contributed by atoms with Crippen molar-refractivity contribution in [3.8, 4) is 0 Å². The van der Waals surface area contributed by atoms with Crippen LogP contribution in [0.1, 0.15) is 22.8 Å². The molecule has 1 aromatic carbocycles. The summed E-state index contributed by atoms with van der Waals surface area (Å²) >= 11 is 4.18. The Hall–Kier alpha value is -0.960. The SMILES string of the molecule is CCc1ccc(S)c(C(=O)OC)c1. The van der Waals surface area contributed by atoms with Gasteiger partial charge in [-0.05, 0) is 24.1 Å². The predicted octanol–water partition coefficient (Wildman–Crippen LogP) is 2.32. The van der Waals surface area contributed by atoms with Crippen molar-refractivity contribution in [2.45, 2.75) is 18.2 Å². The summed E-state index contributed by atoms with van der Waals surface area (Å²) in [5.41, 5.74) is 1.64. The van der Waals surface area contributed by atoms with Gasteiger partial charge in [0.15, 0.2) is 0 Å². The number of aryl methyl sites for hydroxylation is 1. The summed E-state index contributed by atoms with van der Waals surface area (Å²) in [6.07, 6.45) is 0.901. The summed E-state index contributed by atoms with van der Waals surface area (Å²) in [7, 11) is 1.37. The van der Waals surface area contributed by atoms with Crippen molar-refractivity contribution in [3.63, 3.8) is 0 Å². The van der Waals surface area contributed by atoms with E-state index in [1.165, 1.54) is 7.11 Å². The molecule has 1 rings (SSSR count). The van der Waals surface area contributed by atoms with E-state index in [-0.39, 0.29) is 5.97 Å². The molecule has 0 saturated carbocycles. The summed E-state index contributed by atoms with van der Waals surface area (Å²) in [5.74, 6) is -0.333. The van der Waals surface area contributed by atoms with E-state index in [1.807, 2.05) is 25.1 Å². The zero-order valence-electron chi connectivity index (χ0n) is 7.70. The number of hydrogen-bond donors (Lipinski definition) is 1. The Morgan fingerprint density at radius 3 is 2.77 bits per heavy atom. The molecule has 0 fully saturated rings. The summed E-state index contributed by atoms with van der Waals surface area (Å²) in [5, 5.41) is 0. The number of carbonyl (C=O) groups excluding carboxylic acids is 1. The smallest absolute Gasteiger partial charge is 0.338 e. The second-order valence-corrected chi connectivity index (χ2v) is 3.18. The van der Waals surface area contributed by atoms with Gasteiger partial charge in [-0.25, -0.2) is 4.79 Å². The Balaban J connectivity index is 3.11. The van der Waals surface area contributed by atoms with E-state index in [1.54, 1.807) is 0 Å². The van der Waals surface area contributed by atoms with Gasteiger partial charge in [-0.1, -0.05) is 13.0 Å². The first-order chi connectivity index (χ1) is 6.19. The Bertz CT molecular complexity index is 321. The van der Waals surface area contributed by atoms with Crippen LogP contribution in [0.4, 0.5) is 0 Å². The van der Waals surface area contributed by atoms with E-state index < -0.39 is 0 Å². The standard InChI is InChI=1S/C10H12O2S/c1-3-7-4-5-9(13)8(6-7)10(11)12-2/h4-6,13H,3H2,1-2H3. The molecule has 2 nitrogen and oxygen atoms in total. The van der Waals surface area contributed by atoms with Crippen molar-refractivity contribution in [1.29, 1.82) is 0 Å². The van der Waals surface area contributed by atoms with Crippen LogP contribution in [0.25, 0.3) is 0 Å². The molecule has 0 atom stereocenters. The van der Waals surface area contributed by atoms with Gasteiger partial charge in [-0.3, -0.25) is 0 Å². The van der Waals surface area contributed by atoms with Crippen LogP contribution in [-0.4, -0.2) is 13.1 Å². The van der Waals surface area contributed by atoms with Gasteiger partial charge in [0.05, 0.1) is 12.7 Å². The third-order valence-corrected chi connectivity index (χ3v) is 2.26. The summed E-state index contributed by atoms with van der Waals surface area (Å²) in [6, 6.07) is 5.58. The lowest BCUT2D eigenvalue weighted by Gasteiger charge is -2.04. The molecule has 70 valence electrons. The van der Waals surface area contributed by atoms with Crippen LogP contribution in [0, 0.1) is 0 Å². The first kappa shape index (κ1) is 10.1. The van der Waals surface area contributed by atoms with Crippen molar-refractivity contribution >= 4 is 18.6 Å². The van der Waals surface area contributed by atoms with E-state index in [9.17, 15) is 4.79 Å². The maximum atomic E-state index is 11.2. The van der Waals surface area contributed by atoms with Gasteiger partial charge in [0, 0.05) is 4.90 Å². The lowest BCUT2D eigenvalue weighted by Crippen LogP contribution is -2.03. The largest absolute Gasteiger partial charge is 0.465 e. The van der Waals surface area contributed by atoms with E-state index >= 15 is 0 Å². The predicted molar refractivity (Wildman–Crippen MR) is 54.4 cm³/mol. The molecule has 0 unspecified atom stereocenters. The number of ether oxygens (including phenoxy) is 1. The third-order valence-electron chi connectivity index (χ3n) is 1.87. The Labute approximate surface area is 83.3 Å². The van der Waals surface area contributed by atoms with Crippen LogP contribution in [0.2, 0.25) is 0 Å². The Morgan fingerprint density at radius 2 is 2.23 bits per heavy atom. The minimum Gasteiger partial charge on any atom is -0.465 e. The lowest BCUT2D eigenvalue weighted by atomic mass is 10.1. The van der Waals surface area contributed by atoms with Gasteiger partial charge in [-0.15, -0.1) is 12.6 Å². The average molecular weight is 196 g/mol. The highest BCUT2D eigenvalue weighted by Gasteiger charge is 2.09. The molecule has 0 heterocycles. The molecule has 0 aliphatic rings. The number of rotatable bonds is 2. The van der Waals surface area contributed by atoms with Crippen LogP contribution in [-0.2, 0) is 11.2 Å². The molecule has 0 saturated heterocycles. The minimum atomic E-state index is -0.333. The Kier molecular flexibility index (Phi) is 3.37. The summed E-state index contributed by atoms with van der Waals surface area (Å²) in [4.78, 5) is 11.9. The molecule has 0 N–H and O–H groups in total. The van der Waals surface area contributed by atoms with Crippen LogP contribution >= 0.6 is 12.6 Å². The topological polar surface area (TPSA) is 26.3 Å².